The van der Waals surface area contributed by atoms with E-state index < -0.39 is 0 Å². The molecule has 1 aromatic rings. The van der Waals surface area contributed by atoms with Gasteiger partial charge in [-0.05, 0) is 43.4 Å². The molecule has 0 amide bonds. The van der Waals surface area contributed by atoms with Crippen molar-refractivity contribution in [1.29, 1.82) is 0 Å². The molecule has 0 aromatic heterocycles. The molecule has 0 bridgehead atoms. The van der Waals surface area contributed by atoms with Crippen LogP contribution < -0.4 is 4.74 Å². The molecule has 1 nitrogen and oxygen atoms in total. The van der Waals surface area contributed by atoms with Gasteiger partial charge in [-0.2, -0.15) is 0 Å². The molecule has 0 atom stereocenters. The number of rotatable bonds is 8. The maximum Gasteiger partial charge on any atom is 0.126 e. The lowest BCUT2D eigenvalue weighted by Crippen LogP contribution is -1.90. The van der Waals surface area contributed by atoms with E-state index in [2.05, 4.69) is 26.0 Å². The van der Waals surface area contributed by atoms with Crippen LogP contribution in [0.2, 0.25) is 0 Å². The van der Waals surface area contributed by atoms with Gasteiger partial charge in [0.15, 0.2) is 0 Å². The summed E-state index contributed by atoms with van der Waals surface area (Å²) in [7, 11) is 0. The Labute approximate surface area is 112 Å². The lowest BCUT2D eigenvalue weighted by molar-refractivity contribution is 0.480. The third-order valence-electron chi connectivity index (χ3n) is 3.01. The van der Waals surface area contributed by atoms with Crippen molar-refractivity contribution in [3.63, 3.8) is 0 Å². The number of hydrogen-bond donors (Lipinski definition) is 0. The Hall–Kier alpha value is -1.24. The molecular weight excluding hydrogens is 220 g/mol. The van der Waals surface area contributed by atoms with Crippen molar-refractivity contribution in [2.75, 3.05) is 0 Å². The quantitative estimate of drug-likeness (QED) is 0.443. The normalized spacial score (nSPS) is 11.3. The lowest BCUT2D eigenvalue weighted by Gasteiger charge is -2.05. The molecule has 0 aliphatic carbocycles. The second kappa shape index (κ2) is 8.79. The molecule has 0 unspecified atom stereocenters. The fourth-order valence-electron chi connectivity index (χ4n) is 1.94. The maximum atomic E-state index is 5.40. The number of benzene rings is 1. The Morgan fingerprint density at radius 2 is 1.78 bits per heavy atom. The van der Waals surface area contributed by atoms with Crippen LogP contribution in [-0.2, 0) is 6.42 Å². The number of hydrogen-bond acceptors (Lipinski definition) is 1. The van der Waals surface area contributed by atoms with Crippen LogP contribution in [0.4, 0.5) is 0 Å². The Morgan fingerprint density at radius 3 is 2.39 bits per heavy atom. The minimum atomic E-state index is 0.841. The van der Waals surface area contributed by atoms with Crippen LogP contribution >= 0.6 is 0 Å². The SMILES string of the molecule is CC=COc1ccc(CCCCCC(C)C)cc1. The van der Waals surface area contributed by atoms with Crippen molar-refractivity contribution in [2.45, 2.75) is 52.9 Å². The second-order valence-electron chi connectivity index (χ2n) is 5.22. The Balaban J connectivity index is 2.22. The Bertz CT molecular complexity index is 335. The van der Waals surface area contributed by atoms with Crippen molar-refractivity contribution >= 4 is 0 Å². The molecular formula is C17H26O. The second-order valence-corrected chi connectivity index (χ2v) is 5.22. The van der Waals surface area contributed by atoms with Crippen LogP contribution in [-0.4, -0.2) is 0 Å². The first-order valence-corrected chi connectivity index (χ1v) is 7.09. The molecule has 0 N–H and O–H groups in total. The van der Waals surface area contributed by atoms with Crippen molar-refractivity contribution in [2.24, 2.45) is 5.92 Å². The van der Waals surface area contributed by atoms with E-state index in [9.17, 15) is 0 Å². The van der Waals surface area contributed by atoms with Gasteiger partial charge in [0.25, 0.3) is 0 Å². The summed E-state index contributed by atoms with van der Waals surface area (Å²) in [5.41, 5.74) is 1.41. The summed E-state index contributed by atoms with van der Waals surface area (Å²) in [5.74, 6) is 1.75. The molecule has 1 heteroatoms. The van der Waals surface area contributed by atoms with Gasteiger partial charge < -0.3 is 4.74 Å². The monoisotopic (exact) mass is 246 g/mol. The summed E-state index contributed by atoms with van der Waals surface area (Å²) in [5, 5.41) is 0. The van der Waals surface area contributed by atoms with Crippen molar-refractivity contribution < 1.29 is 4.74 Å². The molecule has 1 aromatic carbocycles. The summed E-state index contributed by atoms with van der Waals surface area (Å²) in [4.78, 5) is 0. The van der Waals surface area contributed by atoms with Gasteiger partial charge in [0.2, 0.25) is 0 Å². The van der Waals surface area contributed by atoms with Gasteiger partial charge in [-0.3, -0.25) is 0 Å². The van der Waals surface area contributed by atoms with Gasteiger partial charge in [0.1, 0.15) is 5.75 Å². The van der Waals surface area contributed by atoms with Gasteiger partial charge in [0.05, 0.1) is 6.26 Å². The van der Waals surface area contributed by atoms with E-state index >= 15 is 0 Å². The average Bonchev–Trinajstić information content (AvgIpc) is 2.37. The van der Waals surface area contributed by atoms with Crippen molar-refractivity contribution in [1.82, 2.24) is 0 Å². The zero-order chi connectivity index (χ0) is 13.2. The largest absolute Gasteiger partial charge is 0.465 e. The molecule has 1 rings (SSSR count). The van der Waals surface area contributed by atoms with Crippen LogP contribution in [0.25, 0.3) is 0 Å². The summed E-state index contributed by atoms with van der Waals surface area (Å²) in [6.07, 6.45) is 10.1. The number of allylic oxidation sites excluding steroid dienone is 1. The first-order valence-electron chi connectivity index (χ1n) is 7.09. The molecule has 0 aliphatic rings. The van der Waals surface area contributed by atoms with E-state index in [0.29, 0.717) is 0 Å². The summed E-state index contributed by atoms with van der Waals surface area (Å²) < 4.78 is 5.40. The van der Waals surface area contributed by atoms with Crippen LogP contribution in [0.15, 0.2) is 36.6 Å². The number of aryl methyl sites for hydroxylation is 1. The zero-order valence-corrected chi connectivity index (χ0v) is 12.0. The van der Waals surface area contributed by atoms with Gasteiger partial charge in [-0.25, -0.2) is 0 Å². The highest BCUT2D eigenvalue weighted by Gasteiger charge is 1.97. The van der Waals surface area contributed by atoms with Crippen LogP contribution in [0, 0.1) is 5.92 Å². The van der Waals surface area contributed by atoms with E-state index in [4.69, 9.17) is 4.74 Å². The Morgan fingerprint density at radius 1 is 1.06 bits per heavy atom. The highest BCUT2D eigenvalue weighted by Crippen LogP contribution is 2.15. The van der Waals surface area contributed by atoms with Crippen LogP contribution in [0.1, 0.15) is 52.0 Å². The maximum absolute atomic E-state index is 5.40. The van der Waals surface area contributed by atoms with Gasteiger partial charge in [-0.1, -0.05) is 51.3 Å². The molecule has 0 saturated heterocycles. The van der Waals surface area contributed by atoms with Gasteiger partial charge in [0, 0.05) is 0 Å². The smallest absolute Gasteiger partial charge is 0.126 e. The third kappa shape index (κ3) is 6.48. The van der Waals surface area contributed by atoms with E-state index in [1.807, 2.05) is 25.1 Å². The van der Waals surface area contributed by atoms with Crippen molar-refractivity contribution in [3.8, 4) is 5.75 Å². The molecule has 0 saturated carbocycles. The topological polar surface area (TPSA) is 9.23 Å². The minimum Gasteiger partial charge on any atom is -0.465 e. The first-order chi connectivity index (χ1) is 8.72. The van der Waals surface area contributed by atoms with Gasteiger partial charge in [-0.15, -0.1) is 0 Å². The molecule has 18 heavy (non-hydrogen) atoms. The average molecular weight is 246 g/mol. The molecule has 0 radical (unpaired) electrons. The standard InChI is InChI=1S/C17H26O/c1-4-14-18-17-12-10-16(11-13-17)9-7-5-6-8-15(2)3/h4,10-15H,5-9H2,1-3H3. The van der Waals surface area contributed by atoms with Crippen LogP contribution in [0.5, 0.6) is 5.75 Å². The van der Waals surface area contributed by atoms with E-state index in [1.54, 1.807) is 6.26 Å². The Kier molecular flexibility index (Phi) is 7.24. The molecule has 100 valence electrons. The van der Waals surface area contributed by atoms with E-state index in [1.165, 1.54) is 37.7 Å². The predicted octanol–water partition coefficient (Wildman–Crippen LogP) is 5.36. The van der Waals surface area contributed by atoms with Gasteiger partial charge >= 0.3 is 0 Å². The predicted molar refractivity (Wildman–Crippen MR) is 78.9 cm³/mol. The molecule has 0 aliphatic heterocycles. The fourth-order valence-corrected chi connectivity index (χ4v) is 1.94. The summed E-state index contributed by atoms with van der Waals surface area (Å²) in [6, 6.07) is 8.43. The lowest BCUT2D eigenvalue weighted by atomic mass is 10.0. The zero-order valence-electron chi connectivity index (χ0n) is 12.0. The molecule has 0 heterocycles. The summed E-state index contributed by atoms with van der Waals surface area (Å²) in [6.45, 7) is 6.54. The highest BCUT2D eigenvalue weighted by atomic mass is 16.5. The number of unbranched alkanes of at least 4 members (excludes halogenated alkanes) is 2. The first kappa shape index (κ1) is 14.8. The van der Waals surface area contributed by atoms with Crippen molar-refractivity contribution in [3.05, 3.63) is 42.2 Å². The highest BCUT2D eigenvalue weighted by molar-refractivity contribution is 5.27. The van der Waals surface area contributed by atoms with E-state index in [-0.39, 0.29) is 0 Å². The summed E-state index contributed by atoms with van der Waals surface area (Å²) >= 11 is 0. The van der Waals surface area contributed by atoms with Crippen LogP contribution in [0.3, 0.4) is 0 Å². The molecule has 0 fully saturated rings. The minimum absolute atomic E-state index is 0.841. The third-order valence-corrected chi connectivity index (χ3v) is 3.01. The van der Waals surface area contributed by atoms with E-state index in [0.717, 1.165) is 11.7 Å². The number of ether oxygens (including phenoxy) is 1. The fraction of sp³-hybridized carbons (Fsp3) is 0.529. The molecule has 0 spiro atoms.